The number of carbonyl (C=O) groups is 1. The van der Waals surface area contributed by atoms with E-state index in [1.807, 2.05) is 38.4 Å². The fourth-order valence-electron chi connectivity index (χ4n) is 2.90. The summed E-state index contributed by atoms with van der Waals surface area (Å²) in [4.78, 5) is 14.8. The van der Waals surface area contributed by atoms with Crippen molar-refractivity contribution < 1.29 is 27.7 Å². The van der Waals surface area contributed by atoms with Crippen molar-refractivity contribution in [2.45, 2.75) is 59.2 Å². The lowest BCUT2D eigenvalue weighted by atomic mass is 10.1. The molecule has 0 N–H and O–H groups in total. The molecule has 1 aromatic carbocycles. The van der Waals surface area contributed by atoms with Gasteiger partial charge in [-0.05, 0) is 73.7 Å². The predicted octanol–water partition coefficient (Wildman–Crippen LogP) is 5.44. The summed E-state index contributed by atoms with van der Waals surface area (Å²) in [7, 11) is 0.0380. The summed E-state index contributed by atoms with van der Waals surface area (Å²) in [6, 6.07) is 7.63. The number of rotatable bonds is 8. The molecule has 1 aromatic heterocycles. The number of phosphoric ester groups is 1. The predicted molar refractivity (Wildman–Crippen MR) is 121 cm³/mol. The minimum atomic E-state index is -3.97. The zero-order chi connectivity index (χ0) is 23.4. The van der Waals surface area contributed by atoms with E-state index >= 15 is 0 Å². The molecule has 1 heterocycles. The second-order valence-electron chi connectivity index (χ2n) is 9.61. The number of phosphoric acid groups is 1. The fourth-order valence-corrected chi connectivity index (χ4v) is 4.56. The van der Waals surface area contributed by atoms with Gasteiger partial charge in [-0.15, -0.1) is 0 Å². The van der Waals surface area contributed by atoms with E-state index in [2.05, 4.69) is 4.90 Å². The number of benzene rings is 1. The van der Waals surface area contributed by atoms with E-state index in [1.165, 1.54) is 4.57 Å². The molecule has 2 rings (SSSR count). The molecule has 174 valence electrons. The van der Waals surface area contributed by atoms with Gasteiger partial charge in [0.1, 0.15) is 0 Å². The minimum absolute atomic E-state index is 0.568. The van der Waals surface area contributed by atoms with E-state index in [0.29, 0.717) is 0 Å². The van der Waals surface area contributed by atoms with E-state index < -0.39 is 31.9 Å². The van der Waals surface area contributed by atoms with Gasteiger partial charge in [0.25, 0.3) is 0 Å². The van der Waals surface area contributed by atoms with Gasteiger partial charge < -0.3 is 9.64 Å². The van der Waals surface area contributed by atoms with E-state index in [9.17, 15) is 9.36 Å². The number of fused-ring (bicyclic) bond motifs is 1. The molecule has 2 aromatic rings. The Morgan fingerprint density at radius 1 is 1.03 bits per heavy atom. The third-order valence-electron chi connectivity index (χ3n) is 3.98. The molecule has 0 aliphatic heterocycles. The quantitative estimate of drug-likeness (QED) is 0.388. The van der Waals surface area contributed by atoms with Crippen LogP contribution in [0.15, 0.2) is 30.5 Å². The van der Waals surface area contributed by atoms with Crippen molar-refractivity contribution in [1.82, 2.24) is 9.47 Å². The number of hydrogen-bond donors (Lipinski definition) is 0. The van der Waals surface area contributed by atoms with Crippen LogP contribution in [0.3, 0.4) is 0 Å². The van der Waals surface area contributed by atoms with Crippen LogP contribution in [0.4, 0.5) is 4.79 Å². The largest absolute Gasteiger partial charge is 0.478 e. The molecule has 0 aliphatic rings. The number of likely N-dealkylation sites (N-methyl/N-ethyl adjacent to an activating group) is 1. The molecular weight excluding hydrogens is 419 g/mol. The van der Waals surface area contributed by atoms with Crippen molar-refractivity contribution in [1.29, 1.82) is 0 Å². The lowest BCUT2D eigenvalue weighted by molar-refractivity contribution is -0.0282. The molecule has 0 bridgehead atoms. The molecular formula is C22H35N2O6P. The molecule has 0 fully saturated rings. The van der Waals surface area contributed by atoms with Gasteiger partial charge in [-0.3, -0.25) is 13.6 Å². The molecule has 0 aliphatic carbocycles. The first-order valence-electron chi connectivity index (χ1n) is 10.3. The number of ether oxygens (including phenoxy) is 1. The first-order chi connectivity index (χ1) is 14.2. The summed E-state index contributed by atoms with van der Waals surface area (Å²) in [5.74, 6) is 0. The van der Waals surface area contributed by atoms with E-state index in [1.54, 1.807) is 47.7 Å². The lowest BCUT2D eigenvalue weighted by Crippen LogP contribution is -2.25. The molecule has 0 spiro atoms. The van der Waals surface area contributed by atoms with E-state index in [0.717, 1.165) is 29.4 Å². The SMILES string of the molecule is CN(C)CCc1cn(C(=O)OCOP(=O)(OC(C)(C)C)OC(C)(C)C)c2ccccc12. The summed E-state index contributed by atoms with van der Waals surface area (Å²) < 4.78 is 36.1. The first-order valence-corrected chi connectivity index (χ1v) is 11.7. The highest BCUT2D eigenvalue weighted by molar-refractivity contribution is 7.48. The summed E-state index contributed by atoms with van der Waals surface area (Å²) in [5, 5.41) is 0.986. The highest BCUT2D eigenvalue weighted by Crippen LogP contribution is 2.55. The number of hydrogen-bond acceptors (Lipinski definition) is 7. The van der Waals surface area contributed by atoms with Crippen LogP contribution in [0.25, 0.3) is 10.9 Å². The number of carbonyl (C=O) groups excluding carboxylic acids is 1. The first kappa shape index (κ1) is 25.6. The van der Waals surface area contributed by atoms with Gasteiger partial charge in [-0.1, -0.05) is 18.2 Å². The van der Waals surface area contributed by atoms with E-state index in [-0.39, 0.29) is 0 Å². The fraction of sp³-hybridized carbons (Fsp3) is 0.591. The standard InChI is InChI=1S/C22H35N2O6P/c1-21(2,3)29-31(26,30-22(4,5)6)28-16-27-20(25)24-15-17(13-14-23(7)8)18-11-9-10-12-19(18)24/h9-12,15H,13-14,16H2,1-8H3. The third-order valence-corrected chi connectivity index (χ3v) is 5.95. The van der Waals surface area contributed by atoms with Crippen molar-refractivity contribution >= 4 is 24.8 Å². The Kier molecular flexibility index (Phi) is 8.11. The molecule has 0 saturated heterocycles. The van der Waals surface area contributed by atoms with Crippen LogP contribution < -0.4 is 0 Å². The van der Waals surface area contributed by atoms with Crippen LogP contribution in [0, 0.1) is 0 Å². The van der Waals surface area contributed by atoms with Gasteiger partial charge in [-0.25, -0.2) is 13.9 Å². The zero-order valence-corrected chi connectivity index (χ0v) is 20.7. The van der Waals surface area contributed by atoms with Crippen molar-refractivity contribution in [3.63, 3.8) is 0 Å². The Labute approximate surface area is 185 Å². The molecule has 0 atom stereocenters. The summed E-state index contributed by atoms with van der Waals surface area (Å²) in [6.45, 7) is 10.7. The average Bonchev–Trinajstić information content (AvgIpc) is 2.95. The van der Waals surface area contributed by atoms with Gasteiger partial charge in [0.2, 0.25) is 6.79 Å². The maximum atomic E-state index is 13.1. The number of para-hydroxylation sites is 1. The summed E-state index contributed by atoms with van der Waals surface area (Å²) >= 11 is 0. The monoisotopic (exact) mass is 454 g/mol. The normalized spacial score (nSPS) is 13.2. The van der Waals surface area contributed by atoms with Crippen molar-refractivity contribution in [2.24, 2.45) is 0 Å². The van der Waals surface area contributed by atoms with Crippen molar-refractivity contribution in [3.05, 3.63) is 36.0 Å². The molecule has 8 nitrogen and oxygen atoms in total. The van der Waals surface area contributed by atoms with E-state index in [4.69, 9.17) is 18.3 Å². The van der Waals surface area contributed by atoms with Gasteiger partial charge >= 0.3 is 13.9 Å². The Morgan fingerprint density at radius 2 is 1.61 bits per heavy atom. The lowest BCUT2D eigenvalue weighted by Gasteiger charge is -2.30. The van der Waals surface area contributed by atoms with Crippen LogP contribution in [-0.2, 0) is 29.3 Å². The number of nitrogens with zero attached hydrogens (tertiary/aromatic N) is 2. The third kappa shape index (κ3) is 8.05. The van der Waals surface area contributed by atoms with Crippen LogP contribution in [0.1, 0.15) is 47.1 Å². The Balaban J connectivity index is 2.14. The maximum absolute atomic E-state index is 13.1. The molecule has 0 amide bonds. The van der Waals surface area contributed by atoms with Gasteiger partial charge in [-0.2, -0.15) is 0 Å². The second-order valence-corrected chi connectivity index (χ2v) is 11.1. The molecule has 31 heavy (non-hydrogen) atoms. The van der Waals surface area contributed by atoms with Gasteiger partial charge in [0, 0.05) is 18.1 Å². The topological polar surface area (TPSA) is 79.2 Å². The van der Waals surface area contributed by atoms with Crippen molar-refractivity contribution in [2.75, 3.05) is 27.4 Å². The Bertz CT molecular complexity index is 920. The highest BCUT2D eigenvalue weighted by Gasteiger charge is 2.37. The summed E-state index contributed by atoms with van der Waals surface area (Å²) in [5.41, 5.74) is 0.229. The maximum Gasteiger partial charge on any atom is 0.478 e. The van der Waals surface area contributed by atoms with Crippen LogP contribution in [0.5, 0.6) is 0 Å². The second kappa shape index (κ2) is 9.84. The minimum Gasteiger partial charge on any atom is -0.421 e. The van der Waals surface area contributed by atoms with Crippen LogP contribution in [-0.4, -0.2) is 54.2 Å². The van der Waals surface area contributed by atoms with Gasteiger partial charge in [0.05, 0.1) is 16.7 Å². The smallest absolute Gasteiger partial charge is 0.421 e. The molecule has 0 saturated carbocycles. The molecule has 0 unspecified atom stereocenters. The summed E-state index contributed by atoms with van der Waals surface area (Å²) in [6.07, 6.45) is 1.93. The zero-order valence-electron chi connectivity index (χ0n) is 19.8. The van der Waals surface area contributed by atoms with Crippen LogP contribution >= 0.6 is 7.82 Å². The molecule has 9 heteroatoms. The average molecular weight is 455 g/mol. The molecule has 0 radical (unpaired) electrons. The van der Waals surface area contributed by atoms with Crippen molar-refractivity contribution in [3.8, 4) is 0 Å². The Hall–Kier alpha value is -1.70. The van der Waals surface area contributed by atoms with Crippen LogP contribution in [0.2, 0.25) is 0 Å². The highest BCUT2D eigenvalue weighted by atomic mass is 31.2. The Morgan fingerprint density at radius 3 is 2.16 bits per heavy atom. The van der Waals surface area contributed by atoms with Gasteiger partial charge in [0.15, 0.2) is 0 Å². The number of aromatic nitrogens is 1.